The average molecular weight is 369 g/mol. The van der Waals surface area contributed by atoms with Crippen molar-refractivity contribution >= 4 is 54.5 Å². The zero-order valence-electron chi connectivity index (χ0n) is 10.4. The van der Waals surface area contributed by atoms with Gasteiger partial charge in [0.05, 0.1) is 20.6 Å². The summed E-state index contributed by atoms with van der Waals surface area (Å²) >= 11 is 12.0. The fourth-order valence-electron chi connectivity index (χ4n) is 1.63. The zero-order valence-corrected chi connectivity index (χ0v) is 13.5. The summed E-state index contributed by atoms with van der Waals surface area (Å²) in [6, 6.07) is 2.59. The second kappa shape index (κ2) is 5.84. The number of H-pyrrole nitrogens is 1. The van der Waals surface area contributed by atoms with Gasteiger partial charge in [-0.15, -0.1) is 0 Å². The van der Waals surface area contributed by atoms with Crippen molar-refractivity contribution in [3.05, 3.63) is 39.6 Å². The summed E-state index contributed by atoms with van der Waals surface area (Å²) in [5.74, 6) is -0.516. The minimum Gasteiger partial charge on any atom is -0.318 e. The Kier molecular flexibility index (Phi) is 4.48. The van der Waals surface area contributed by atoms with E-state index < -0.39 is 15.0 Å². The van der Waals surface area contributed by atoms with Gasteiger partial charge in [0.2, 0.25) is 0 Å². The van der Waals surface area contributed by atoms with E-state index in [1.54, 1.807) is 0 Å². The monoisotopic (exact) mass is 367 g/mol. The zero-order chi connectivity index (χ0) is 15.8. The van der Waals surface area contributed by atoms with Crippen LogP contribution in [0.25, 0.3) is 0 Å². The largest absolute Gasteiger partial charge is 0.318 e. The molecule has 0 aliphatic rings. The highest BCUT2D eigenvalue weighted by Crippen LogP contribution is 2.38. The number of hydrogen-bond acceptors (Lipinski definition) is 4. The molecule has 10 heteroatoms. The van der Waals surface area contributed by atoms with E-state index in [9.17, 15) is 13.2 Å². The number of carbonyl (C=O) groups is 1. The number of rotatable bonds is 3. The highest BCUT2D eigenvalue weighted by Gasteiger charge is 2.22. The minimum atomic E-state index is -3.99. The molecule has 0 saturated heterocycles. The number of halogens is 3. The Morgan fingerprint density at radius 2 is 2.05 bits per heavy atom. The fourth-order valence-corrected chi connectivity index (χ4v) is 3.51. The topological polar surface area (TPSA) is 91.9 Å². The van der Waals surface area contributed by atoms with Crippen molar-refractivity contribution in [3.63, 3.8) is 0 Å². The van der Waals surface area contributed by atoms with Crippen LogP contribution in [-0.2, 0) is 9.05 Å². The fraction of sp³-hybridized carbons (Fsp3) is 0.0909. The van der Waals surface area contributed by atoms with E-state index in [2.05, 4.69) is 15.5 Å². The molecule has 1 amide bonds. The smallest absolute Gasteiger partial charge is 0.273 e. The Labute approximate surface area is 134 Å². The second-order valence-corrected chi connectivity index (χ2v) is 7.35. The standard InChI is InChI=1S/C11H8Cl3N3O3S/c1-5-8(21(14,19)20)4-6(12)10(9(5)13)16-11(18)7-2-3-15-17-7/h2-4H,1H3,(H,15,17)(H,16,18). The second-order valence-electron chi connectivity index (χ2n) is 4.03. The molecular formula is C11H8Cl3N3O3S. The third kappa shape index (κ3) is 3.32. The van der Waals surface area contributed by atoms with Crippen LogP contribution in [0.4, 0.5) is 5.69 Å². The number of aromatic nitrogens is 2. The predicted molar refractivity (Wildman–Crippen MR) is 80.8 cm³/mol. The summed E-state index contributed by atoms with van der Waals surface area (Å²) in [6.07, 6.45) is 1.41. The number of nitrogens with one attached hydrogen (secondary N) is 2. The van der Waals surface area contributed by atoms with Gasteiger partial charge in [-0.2, -0.15) is 5.10 Å². The van der Waals surface area contributed by atoms with Crippen LogP contribution in [0.1, 0.15) is 16.1 Å². The van der Waals surface area contributed by atoms with E-state index in [0.717, 1.165) is 6.07 Å². The van der Waals surface area contributed by atoms with Crippen LogP contribution in [0, 0.1) is 6.92 Å². The maximum atomic E-state index is 11.9. The van der Waals surface area contributed by atoms with Crippen molar-refractivity contribution in [1.82, 2.24) is 10.2 Å². The van der Waals surface area contributed by atoms with Crippen LogP contribution in [0.3, 0.4) is 0 Å². The molecule has 0 aliphatic heterocycles. The van der Waals surface area contributed by atoms with Gasteiger partial charge in [-0.05, 0) is 24.6 Å². The van der Waals surface area contributed by atoms with E-state index in [1.165, 1.54) is 19.2 Å². The van der Waals surface area contributed by atoms with E-state index >= 15 is 0 Å². The molecule has 0 radical (unpaired) electrons. The molecule has 21 heavy (non-hydrogen) atoms. The van der Waals surface area contributed by atoms with E-state index in [0.29, 0.717) is 0 Å². The number of benzene rings is 1. The van der Waals surface area contributed by atoms with Gasteiger partial charge < -0.3 is 5.32 Å². The highest BCUT2D eigenvalue weighted by molar-refractivity contribution is 8.13. The molecule has 6 nitrogen and oxygen atoms in total. The van der Waals surface area contributed by atoms with Gasteiger partial charge in [-0.1, -0.05) is 23.2 Å². The lowest BCUT2D eigenvalue weighted by atomic mass is 10.2. The Balaban J connectivity index is 2.47. The molecule has 0 bridgehead atoms. The Morgan fingerprint density at radius 3 is 2.57 bits per heavy atom. The molecule has 0 atom stereocenters. The van der Waals surface area contributed by atoms with E-state index in [-0.39, 0.29) is 31.9 Å². The van der Waals surface area contributed by atoms with Crippen LogP contribution in [0.2, 0.25) is 10.0 Å². The Morgan fingerprint density at radius 1 is 1.38 bits per heavy atom. The summed E-state index contributed by atoms with van der Waals surface area (Å²) in [4.78, 5) is 11.7. The molecule has 0 unspecified atom stereocenters. The predicted octanol–water partition coefficient (Wildman–Crippen LogP) is 3.20. The van der Waals surface area contributed by atoms with Gasteiger partial charge in [-0.3, -0.25) is 9.89 Å². The number of nitrogens with zero attached hydrogens (tertiary/aromatic N) is 1. The summed E-state index contributed by atoms with van der Waals surface area (Å²) in [5, 5.41) is 8.57. The number of aromatic amines is 1. The molecule has 0 spiro atoms. The summed E-state index contributed by atoms with van der Waals surface area (Å²) in [6.45, 7) is 1.46. The minimum absolute atomic E-state index is 0.00501. The van der Waals surface area contributed by atoms with Gasteiger partial charge in [0, 0.05) is 16.9 Å². The Bertz CT molecular complexity index is 804. The van der Waals surface area contributed by atoms with Crippen LogP contribution in [0.5, 0.6) is 0 Å². The number of carbonyl (C=O) groups excluding carboxylic acids is 1. The quantitative estimate of drug-likeness (QED) is 0.814. The van der Waals surface area contributed by atoms with Gasteiger partial charge in [0.15, 0.2) is 0 Å². The first-order chi connectivity index (χ1) is 9.71. The van der Waals surface area contributed by atoms with Gasteiger partial charge in [0.25, 0.3) is 15.0 Å². The Hall–Kier alpha value is -1.28. The first kappa shape index (κ1) is 16.1. The maximum Gasteiger partial charge on any atom is 0.273 e. The molecule has 1 aromatic heterocycles. The number of hydrogen-bond donors (Lipinski definition) is 2. The van der Waals surface area contributed by atoms with Crippen LogP contribution in [0.15, 0.2) is 23.2 Å². The molecule has 1 heterocycles. The lowest BCUT2D eigenvalue weighted by Crippen LogP contribution is -2.14. The van der Waals surface area contributed by atoms with E-state index in [1.807, 2.05) is 0 Å². The highest BCUT2D eigenvalue weighted by atomic mass is 35.7. The third-order valence-electron chi connectivity index (χ3n) is 2.66. The molecule has 1 aromatic carbocycles. The normalized spacial score (nSPS) is 11.4. The lowest BCUT2D eigenvalue weighted by molar-refractivity contribution is 0.102. The van der Waals surface area contributed by atoms with Crippen molar-refractivity contribution in [3.8, 4) is 0 Å². The van der Waals surface area contributed by atoms with Crippen molar-refractivity contribution in [2.75, 3.05) is 5.32 Å². The molecule has 0 saturated carbocycles. The van der Waals surface area contributed by atoms with Crippen LogP contribution >= 0.6 is 33.9 Å². The molecule has 112 valence electrons. The SMILES string of the molecule is Cc1c(S(=O)(=O)Cl)cc(Cl)c(NC(=O)c2ccn[nH]2)c1Cl. The van der Waals surface area contributed by atoms with Gasteiger partial charge in [0.1, 0.15) is 5.69 Å². The molecule has 0 aliphatic carbocycles. The number of amides is 1. The summed E-state index contributed by atoms with van der Waals surface area (Å²) in [7, 11) is 1.31. The summed E-state index contributed by atoms with van der Waals surface area (Å²) < 4.78 is 22.9. The van der Waals surface area contributed by atoms with Crippen molar-refractivity contribution in [2.24, 2.45) is 0 Å². The first-order valence-corrected chi connectivity index (χ1v) is 8.52. The maximum absolute atomic E-state index is 11.9. The third-order valence-corrected chi connectivity index (χ3v) is 4.88. The number of anilines is 1. The molecule has 2 rings (SSSR count). The van der Waals surface area contributed by atoms with Gasteiger partial charge >= 0.3 is 0 Å². The van der Waals surface area contributed by atoms with Crippen LogP contribution < -0.4 is 5.32 Å². The van der Waals surface area contributed by atoms with Crippen LogP contribution in [-0.4, -0.2) is 24.5 Å². The first-order valence-electron chi connectivity index (χ1n) is 5.46. The lowest BCUT2D eigenvalue weighted by Gasteiger charge is -2.13. The van der Waals surface area contributed by atoms with Crippen molar-refractivity contribution in [1.29, 1.82) is 0 Å². The summed E-state index contributed by atoms with van der Waals surface area (Å²) in [5.41, 5.74) is 0.490. The average Bonchev–Trinajstić information content (AvgIpc) is 2.91. The molecule has 0 fully saturated rings. The van der Waals surface area contributed by atoms with Gasteiger partial charge in [-0.25, -0.2) is 8.42 Å². The van der Waals surface area contributed by atoms with Crippen molar-refractivity contribution < 1.29 is 13.2 Å². The van der Waals surface area contributed by atoms with E-state index in [4.69, 9.17) is 33.9 Å². The molecule has 2 aromatic rings. The molecule has 2 N–H and O–H groups in total. The van der Waals surface area contributed by atoms with Crippen molar-refractivity contribution in [2.45, 2.75) is 11.8 Å². The molecular weight excluding hydrogens is 361 g/mol.